The highest BCUT2D eigenvalue weighted by molar-refractivity contribution is 5.89. The maximum absolute atomic E-state index is 13.3. The van der Waals surface area contributed by atoms with Crippen LogP contribution < -0.4 is 0 Å². The van der Waals surface area contributed by atoms with Crippen LogP contribution in [0.2, 0.25) is 0 Å². The number of carbonyl (C=O) groups is 2. The minimum Gasteiger partial charge on any atom is -0.374 e. The fraction of sp³-hybridized carbons (Fsp3) is 0.900. The zero-order valence-electron chi connectivity index (χ0n) is 15.3. The van der Waals surface area contributed by atoms with Gasteiger partial charge in [0.2, 0.25) is 11.8 Å². The molecule has 5 heteroatoms. The van der Waals surface area contributed by atoms with Gasteiger partial charge in [-0.2, -0.15) is 0 Å². The average molecular weight is 348 g/mol. The Labute approximate surface area is 151 Å². The number of likely N-dealkylation sites (tertiary alicyclic amines) is 1. The molecule has 5 nitrogen and oxygen atoms in total. The van der Waals surface area contributed by atoms with E-state index < -0.39 is 0 Å². The Morgan fingerprint density at radius 1 is 0.720 bits per heavy atom. The van der Waals surface area contributed by atoms with E-state index in [4.69, 9.17) is 4.74 Å². The first-order chi connectivity index (χ1) is 12.3. The third kappa shape index (κ3) is 3.44. The molecule has 2 aliphatic heterocycles. The molecule has 0 aromatic rings. The van der Waals surface area contributed by atoms with Gasteiger partial charge in [0.25, 0.3) is 0 Å². The fourth-order valence-corrected chi connectivity index (χ4v) is 5.43. The van der Waals surface area contributed by atoms with E-state index in [1.54, 1.807) is 0 Å². The average Bonchev–Trinajstić information content (AvgIpc) is 3.17. The van der Waals surface area contributed by atoms with Crippen molar-refractivity contribution in [1.82, 2.24) is 9.80 Å². The number of morpholine rings is 1. The van der Waals surface area contributed by atoms with Gasteiger partial charge in [0.05, 0.1) is 18.8 Å². The molecule has 0 bridgehead atoms. The van der Waals surface area contributed by atoms with Crippen molar-refractivity contribution in [2.45, 2.75) is 88.8 Å². The lowest BCUT2D eigenvalue weighted by Gasteiger charge is -2.45. The highest BCUT2D eigenvalue weighted by Gasteiger charge is 2.43. The zero-order chi connectivity index (χ0) is 17.2. The monoisotopic (exact) mass is 348 g/mol. The highest BCUT2D eigenvalue weighted by Crippen LogP contribution is 2.32. The molecule has 0 aromatic carbocycles. The van der Waals surface area contributed by atoms with Gasteiger partial charge in [0.15, 0.2) is 0 Å². The second-order valence-corrected chi connectivity index (χ2v) is 8.32. The lowest BCUT2D eigenvalue weighted by Crippen LogP contribution is -2.59. The van der Waals surface area contributed by atoms with Gasteiger partial charge in [0.1, 0.15) is 6.04 Å². The van der Waals surface area contributed by atoms with Gasteiger partial charge in [0, 0.05) is 19.0 Å². The van der Waals surface area contributed by atoms with E-state index in [-0.39, 0.29) is 35.9 Å². The van der Waals surface area contributed by atoms with Crippen LogP contribution >= 0.6 is 0 Å². The van der Waals surface area contributed by atoms with Crippen molar-refractivity contribution in [1.29, 1.82) is 0 Å². The molecule has 4 rings (SSSR count). The summed E-state index contributed by atoms with van der Waals surface area (Å²) in [6.07, 6.45) is 12.1. The molecule has 0 aromatic heterocycles. The van der Waals surface area contributed by atoms with Crippen molar-refractivity contribution in [3.05, 3.63) is 0 Å². The molecule has 0 N–H and O–H groups in total. The summed E-state index contributed by atoms with van der Waals surface area (Å²) in [7, 11) is 0. The van der Waals surface area contributed by atoms with Crippen molar-refractivity contribution in [3.63, 3.8) is 0 Å². The van der Waals surface area contributed by atoms with Crippen LogP contribution in [-0.4, -0.2) is 59.5 Å². The lowest BCUT2D eigenvalue weighted by molar-refractivity contribution is -0.158. The van der Waals surface area contributed by atoms with Crippen LogP contribution in [-0.2, 0) is 14.3 Å². The van der Waals surface area contributed by atoms with Gasteiger partial charge < -0.3 is 14.5 Å². The highest BCUT2D eigenvalue weighted by atomic mass is 16.5. The summed E-state index contributed by atoms with van der Waals surface area (Å²) in [4.78, 5) is 30.4. The Balaban J connectivity index is 1.45. The maximum Gasteiger partial charge on any atom is 0.245 e. The smallest absolute Gasteiger partial charge is 0.245 e. The Morgan fingerprint density at radius 3 is 2.32 bits per heavy atom. The summed E-state index contributed by atoms with van der Waals surface area (Å²) in [5.41, 5.74) is 0. The first-order valence-corrected chi connectivity index (χ1v) is 10.5. The van der Waals surface area contributed by atoms with Crippen LogP contribution in [0.4, 0.5) is 0 Å². The van der Waals surface area contributed by atoms with E-state index in [2.05, 4.69) is 4.90 Å². The van der Waals surface area contributed by atoms with Crippen LogP contribution in [0.3, 0.4) is 0 Å². The Hall–Kier alpha value is -1.10. The predicted molar refractivity (Wildman–Crippen MR) is 95.0 cm³/mol. The summed E-state index contributed by atoms with van der Waals surface area (Å²) in [6.45, 7) is 2.11. The summed E-state index contributed by atoms with van der Waals surface area (Å²) < 4.78 is 5.92. The number of hydrogen-bond acceptors (Lipinski definition) is 3. The van der Waals surface area contributed by atoms with Crippen molar-refractivity contribution in [2.24, 2.45) is 5.92 Å². The molecule has 2 saturated heterocycles. The van der Waals surface area contributed by atoms with Gasteiger partial charge in [-0.15, -0.1) is 0 Å². The van der Waals surface area contributed by atoms with Gasteiger partial charge in [-0.1, -0.05) is 32.1 Å². The first-order valence-electron chi connectivity index (χ1n) is 10.5. The van der Waals surface area contributed by atoms with Crippen LogP contribution in [0.1, 0.15) is 70.6 Å². The molecule has 0 spiro atoms. The summed E-state index contributed by atoms with van der Waals surface area (Å²) in [5.74, 6) is 0.611. The van der Waals surface area contributed by atoms with E-state index in [1.165, 1.54) is 19.3 Å². The molecule has 2 aliphatic carbocycles. The number of amides is 2. The van der Waals surface area contributed by atoms with Crippen molar-refractivity contribution in [2.75, 3.05) is 19.7 Å². The quantitative estimate of drug-likeness (QED) is 0.771. The molecule has 0 radical (unpaired) electrons. The van der Waals surface area contributed by atoms with Gasteiger partial charge in [-0.25, -0.2) is 0 Å². The number of ether oxygens (including phenoxy) is 1. The molecule has 2 amide bonds. The van der Waals surface area contributed by atoms with Crippen LogP contribution in [0.15, 0.2) is 0 Å². The van der Waals surface area contributed by atoms with Crippen molar-refractivity contribution >= 4 is 11.8 Å². The molecule has 2 heterocycles. The van der Waals surface area contributed by atoms with E-state index in [9.17, 15) is 9.59 Å². The SMILES string of the molecule is O=C(C1CCCCC1)N1CCC[C@@H]1C(=O)N1CCO[C@H]2CCCC[C@H]21. The van der Waals surface area contributed by atoms with Gasteiger partial charge in [-0.05, 0) is 38.5 Å². The lowest BCUT2D eigenvalue weighted by atomic mass is 9.88. The zero-order valence-corrected chi connectivity index (χ0v) is 15.3. The van der Waals surface area contributed by atoms with Crippen LogP contribution in [0, 0.1) is 5.92 Å². The minimum absolute atomic E-state index is 0.161. The van der Waals surface area contributed by atoms with Crippen molar-refractivity contribution in [3.8, 4) is 0 Å². The number of nitrogens with zero attached hydrogens (tertiary/aromatic N) is 2. The van der Waals surface area contributed by atoms with Crippen LogP contribution in [0.5, 0.6) is 0 Å². The standard InChI is InChI=1S/C20H32N2O3/c23-19(15-7-2-1-3-8-15)21-12-6-10-17(21)20(24)22-13-14-25-18-11-5-4-9-16(18)22/h15-18H,1-14H2/t16-,17-,18+/m1/s1. The Morgan fingerprint density at radius 2 is 1.48 bits per heavy atom. The third-order valence-electron chi connectivity index (χ3n) is 6.79. The van der Waals surface area contributed by atoms with Gasteiger partial charge >= 0.3 is 0 Å². The second-order valence-electron chi connectivity index (χ2n) is 8.32. The number of carbonyl (C=O) groups excluding carboxylic acids is 2. The molecule has 0 unspecified atom stereocenters. The molecule has 140 valence electrons. The molecular weight excluding hydrogens is 316 g/mol. The summed E-state index contributed by atoms with van der Waals surface area (Å²) >= 11 is 0. The largest absolute Gasteiger partial charge is 0.374 e. The van der Waals surface area contributed by atoms with Crippen LogP contribution in [0.25, 0.3) is 0 Å². The topological polar surface area (TPSA) is 49.9 Å². The second kappa shape index (κ2) is 7.65. The molecule has 4 aliphatic rings. The van der Waals surface area contributed by atoms with Gasteiger partial charge in [-0.3, -0.25) is 9.59 Å². The third-order valence-corrected chi connectivity index (χ3v) is 6.79. The van der Waals surface area contributed by atoms with E-state index in [0.29, 0.717) is 13.2 Å². The summed E-state index contributed by atoms with van der Waals surface area (Å²) in [6, 6.07) is 0.0253. The number of fused-ring (bicyclic) bond motifs is 1. The molecule has 3 atom stereocenters. The maximum atomic E-state index is 13.3. The minimum atomic E-state index is -0.213. The molecule has 25 heavy (non-hydrogen) atoms. The Kier molecular flexibility index (Phi) is 5.30. The number of hydrogen-bond donors (Lipinski definition) is 0. The Bertz CT molecular complexity index is 501. The predicted octanol–water partition coefficient (Wildman–Crippen LogP) is 2.73. The first kappa shape index (κ1) is 17.3. The van der Waals surface area contributed by atoms with E-state index in [0.717, 1.165) is 57.9 Å². The molecular formula is C20H32N2O3. The van der Waals surface area contributed by atoms with Crippen molar-refractivity contribution < 1.29 is 14.3 Å². The fourth-order valence-electron chi connectivity index (χ4n) is 5.43. The number of rotatable bonds is 2. The van der Waals surface area contributed by atoms with E-state index >= 15 is 0 Å². The van der Waals surface area contributed by atoms with E-state index in [1.807, 2.05) is 4.90 Å². The summed E-state index contributed by atoms with van der Waals surface area (Å²) in [5, 5.41) is 0. The molecule has 2 saturated carbocycles. The molecule has 4 fully saturated rings. The normalized spacial score (nSPS) is 34.0.